The summed E-state index contributed by atoms with van der Waals surface area (Å²) < 4.78 is 53.0. The van der Waals surface area contributed by atoms with Gasteiger partial charge in [-0.05, 0) is 76.5 Å². The minimum absolute atomic E-state index is 0.0431. The number of ether oxygens (including phenoxy) is 2. The number of benzene rings is 1. The number of hydrogen-bond acceptors (Lipinski definition) is 10. The molecule has 2 heterocycles. The van der Waals surface area contributed by atoms with Crippen molar-refractivity contribution in [3.8, 4) is 0 Å². The van der Waals surface area contributed by atoms with Crippen LogP contribution in [0.3, 0.4) is 0 Å². The van der Waals surface area contributed by atoms with Crippen LogP contribution in [0.15, 0.2) is 30.4 Å². The van der Waals surface area contributed by atoms with Gasteiger partial charge in [0.1, 0.15) is 35.1 Å². The maximum Gasteiger partial charge on any atom is 0.410 e. The van der Waals surface area contributed by atoms with Crippen molar-refractivity contribution in [3.05, 3.63) is 47.3 Å². The fourth-order valence-electron chi connectivity index (χ4n) is 6.79. The average Bonchev–Trinajstić information content (AvgIpc) is 3.96. The lowest BCUT2D eigenvalue weighted by Gasteiger charge is -2.30. The summed E-state index contributed by atoms with van der Waals surface area (Å²) in [4.78, 5) is 83.1. The van der Waals surface area contributed by atoms with Gasteiger partial charge in [-0.1, -0.05) is 32.1 Å². The third-order valence-corrected chi connectivity index (χ3v) is 11.8. The number of carbonyl (C=O) groups excluding carboxylic acids is 6. The Balaban J connectivity index is 1.39. The van der Waals surface area contributed by atoms with Gasteiger partial charge in [-0.25, -0.2) is 22.4 Å². The number of allylic oxidation sites excluding steroid dienone is 1. The first-order chi connectivity index (χ1) is 24.7. The molecule has 5 amide bonds. The number of amides is 5. The Bertz CT molecular complexity index is 1810. The van der Waals surface area contributed by atoms with Gasteiger partial charge in [-0.3, -0.25) is 28.8 Å². The van der Waals surface area contributed by atoms with Crippen molar-refractivity contribution in [1.29, 1.82) is 0 Å². The second kappa shape index (κ2) is 15.1. The summed E-state index contributed by atoms with van der Waals surface area (Å²) in [7, 11) is -3.94. The molecule has 15 nitrogen and oxygen atoms in total. The van der Waals surface area contributed by atoms with Gasteiger partial charge in [-0.2, -0.15) is 0 Å². The van der Waals surface area contributed by atoms with Gasteiger partial charge in [0.05, 0.1) is 18.3 Å². The van der Waals surface area contributed by atoms with Gasteiger partial charge in [-0.15, -0.1) is 0 Å². The van der Waals surface area contributed by atoms with Crippen LogP contribution in [0.1, 0.15) is 90.7 Å². The van der Waals surface area contributed by atoms with Crippen molar-refractivity contribution >= 4 is 45.7 Å². The normalized spacial score (nSPS) is 24.1. The molecule has 1 aromatic rings. The van der Waals surface area contributed by atoms with Crippen LogP contribution in [0.2, 0.25) is 0 Å². The maximum atomic E-state index is 14.4. The molecule has 3 fully saturated rings. The molecule has 4 aliphatic rings. The van der Waals surface area contributed by atoms with Gasteiger partial charge in [0.15, 0.2) is 5.78 Å². The molecule has 1 saturated heterocycles. The van der Waals surface area contributed by atoms with Crippen molar-refractivity contribution in [3.63, 3.8) is 0 Å². The molecule has 0 bridgehead atoms. The van der Waals surface area contributed by atoms with Gasteiger partial charge in [0.25, 0.3) is 5.91 Å². The van der Waals surface area contributed by atoms with E-state index in [1.54, 1.807) is 33.8 Å². The predicted octanol–water partition coefficient (Wildman–Crippen LogP) is 2.96. The fourth-order valence-corrected chi connectivity index (χ4v) is 8.16. The van der Waals surface area contributed by atoms with E-state index in [0.717, 1.165) is 4.90 Å². The largest absolute Gasteiger partial charge is 0.444 e. The van der Waals surface area contributed by atoms with E-state index >= 15 is 0 Å². The highest BCUT2D eigenvalue weighted by molar-refractivity contribution is 7.91. The Hall–Kier alpha value is -4.54. The molecule has 53 heavy (non-hydrogen) atoms. The lowest BCUT2D eigenvalue weighted by molar-refractivity contribution is -0.141. The second-order valence-electron chi connectivity index (χ2n) is 15.4. The Morgan fingerprint density at radius 2 is 1.81 bits per heavy atom. The molecule has 3 N–H and O–H groups in total. The molecule has 0 aromatic heterocycles. The number of hydrogen-bond donors (Lipinski definition) is 3. The van der Waals surface area contributed by atoms with Crippen LogP contribution in [-0.4, -0.2) is 95.0 Å². The summed E-state index contributed by atoms with van der Waals surface area (Å²) in [5.74, 6) is -3.64. The number of fused-ring (bicyclic) bond motifs is 1. The summed E-state index contributed by atoms with van der Waals surface area (Å²) >= 11 is 0. The highest BCUT2D eigenvalue weighted by Crippen LogP contribution is 2.47. The minimum atomic E-state index is -3.94. The molecule has 5 rings (SSSR count). The van der Waals surface area contributed by atoms with E-state index in [-0.39, 0.29) is 62.6 Å². The molecule has 2 aliphatic heterocycles. The van der Waals surface area contributed by atoms with Crippen molar-refractivity contribution in [2.24, 2.45) is 5.92 Å². The number of Topliss-reactive ketones (excluding diaryl/α,β-unsaturated/α-hetero) is 1. The lowest BCUT2D eigenvalue weighted by Crippen LogP contribution is -2.58. The third-order valence-electron chi connectivity index (χ3n) is 9.97. The first-order valence-electron chi connectivity index (χ1n) is 17.8. The van der Waals surface area contributed by atoms with Gasteiger partial charge in [0, 0.05) is 24.9 Å². The highest BCUT2D eigenvalue weighted by Gasteiger charge is 2.62. The molecule has 0 spiro atoms. The number of sulfonamides is 1. The van der Waals surface area contributed by atoms with Gasteiger partial charge in [0.2, 0.25) is 21.8 Å². The first-order valence-corrected chi connectivity index (χ1v) is 19.4. The number of rotatable bonds is 13. The molecular formula is C36H48FN5O10S. The van der Waals surface area contributed by atoms with Crippen molar-refractivity contribution in [2.75, 3.05) is 6.54 Å². The fraction of sp³-hybridized carbons (Fsp3) is 0.611. The summed E-state index contributed by atoms with van der Waals surface area (Å²) in [6, 6.07) is 1.83. The predicted molar refractivity (Wildman–Crippen MR) is 188 cm³/mol. The van der Waals surface area contributed by atoms with E-state index in [1.165, 1.54) is 24.0 Å². The third kappa shape index (κ3) is 9.16. The van der Waals surface area contributed by atoms with Gasteiger partial charge < -0.3 is 25.0 Å². The first kappa shape index (κ1) is 39.7. The molecule has 1 aromatic carbocycles. The van der Waals surface area contributed by atoms with Crippen LogP contribution in [0.4, 0.5) is 14.0 Å². The maximum absolute atomic E-state index is 14.4. The summed E-state index contributed by atoms with van der Waals surface area (Å²) in [5.41, 5.74) is -1.27. The van der Waals surface area contributed by atoms with E-state index in [0.29, 0.717) is 30.4 Å². The molecular weight excluding hydrogens is 713 g/mol. The van der Waals surface area contributed by atoms with Crippen LogP contribution in [0.25, 0.3) is 0 Å². The smallest absolute Gasteiger partial charge is 0.410 e. The van der Waals surface area contributed by atoms with Gasteiger partial charge >= 0.3 is 12.2 Å². The molecule has 290 valence electrons. The van der Waals surface area contributed by atoms with Crippen molar-refractivity contribution < 1.29 is 51.0 Å². The molecule has 5 atom stereocenters. The molecule has 1 unspecified atom stereocenters. The quantitative estimate of drug-likeness (QED) is 0.251. The Morgan fingerprint density at radius 1 is 1.11 bits per heavy atom. The number of carbonyl (C=O) groups is 6. The van der Waals surface area contributed by atoms with Crippen LogP contribution < -0.4 is 15.4 Å². The summed E-state index contributed by atoms with van der Waals surface area (Å²) in [6.45, 7) is 11.6. The van der Waals surface area contributed by atoms with Crippen molar-refractivity contribution in [1.82, 2.24) is 25.2 Å². The average molecular weight is 762 g/mol. The number of likely N-dealkylation sites (tertiary alicyclic amines) is 1. The van der Waals surface area contributed by atoms with Crippen LogP contribution in [0.5, 0.6) is 0 Å². The SMILES string of the molecule is C=C(C)C(=O)CC[C@H](NC(=O)OC(C)(C)C)C(=O)N1C[C@H](OC(=O)N2Cc3cccc(F)c3C2)CC1C(=O)N[C@]1(C(=O)NS(=O)(=O)C2CC2)C[C@H]1CC. The van der Waals surface area contributed by atoms with E-state index in [2.05, 4.69) is 21.9 Å². The minimum Gasteiger partial charge on any atom is -0.444 e. The summed E-state index contributed by atoms with van der Waals surface area (Å²) in [5, 5.41) is 4.55. The van der Waals surface area contributed by atoms with Crippen LogP contribution in [0, 0.1) is 11.7 Å². The van der Waals surface area contributed by atoms with Crippen molar-refractivity contribution in [2.45, 2.75) is 127 Å². The van der Waals surface area contributed by atoms with E-state index < -0.39 is 80.3 Å². The van der Waals surface area contributed by atoms with E-state index in [9.17, 15) is 41.6 Å². The summed E-state index contributed by atoms with van der Waals surface area (Å²) in [6.07, 6.45) is -1.90. The molecule has 0 radical (unpaired) electrons. The number of nitrogens with zero attached hydrogens (tertiary/aromatic N) is 2. The number of ketones is 1. The Labute approximate surface area is 308 Å². The monoisotopic (exact) mass is 761 g/mol. The zero-order valence-corrected chi connectivity index (χ0v) is 31.5. The zero-order valence-electron chi connectivity index (χ0n) is 30.7. The number of halogens is 1. The lowest BCUT2D eigenvalue weighted by atomic mass is 10.0. The van der Waals surface area contributed by atoms with E-state index in [4.69, 9.17) is 9.47 Å². The van der Waals surface area contributed by atoms with Crippen LogP contribution in [-0.2, 0) is 51.8 Å². The molecule has 17 heteroatoms. The Morgan fingerprint density at radius 3 is 2.40 bits per heavy atom. The zero-order chi connectivity index (χ0) is 39.0. The topological polar surface area (TPSA) is 198 Å². The highest BCUT2D eigenvalue weighted by atomic mass is 32.2. The standard InChI is InChI=1S/C36H48FN5O10S/c1-7-22-16-36(22,32(46)40-53(49,50)24-11-12-24)39-30(44)28-15-23(51-34(48)41-17-21-9-8-10-26(37)25(21)19-41)18-42(28)31(45)27(13-14-29(43)20(2)3)38-33(47)52-35(4,5)6/h8-10,22-24,27-28H,2,7,11-19H2,1,3-6H3,(H,38,47)(H,39,44)(H,40,46)/t22-,23-,27+,28?,36-/m1/s1. The Kier molecular flexibility index (Phi) is 11.3. The van der Waals surface area contributed by atoms with Crippen LogP contribution >= 0.6 is 0 Å². The number of alkyl carbamates (subject to hydrolysis) is 1. The van der Waals surface area contributed by atoms with E-state index in [1.807, 2.05) is 0 Å². The molecule has 2 saturated carbocycles. The second-order valence-corrected chi connectivity index (χ2v) is 17.3. The number of nitrogens with one attached hydrogen (secondary N) is 3. The molecule has 2 aliphatic carbocycles.